The first-order valence-electron chi connectivity index (χ1n) is 10.6. The van der Waals surface area contributed by atoms with E-state index >= 15 is 4.39 Å². The van der Waals surface area contributed by atoms with Crippen LogP contribution in [0.15, 0.2) is 79.3 Å². The molecule has 0 aliphatic rings. The summed E-state index contributed by atoms with van der Waals surface area (Å²) in [5.41, 5.74) is 0.568. The van der Waals surface area contributed by atoms with Gasteiger partial charge in [0, 0.05) is 24.2 Å². The van der Waals surface area contributed by atoms with Gasteiger partial charge in [-0.3, -0.25) is 19.6 Å². The van der Waals surface area contributed by atoms with E-state index in [1.807, 2.05) is 4.72 Å². The van der Waals surface area contributed by atoms with Gasteiger partial charge in [-0.25, -0.2) is 22.2 Å². The number of benzene rings is 2. The largest absolute Gasteiger partial charge is 0.287 e. The molecule has 180 valence electrons. The van der Waals surface area contributed by atoms with Gasteiger partial charge in [-0.15, -0.1) is 0 Å². The van der Waals surface area contributed by atoms with Gasteiger partial charge in [0.1, 0.15) is 17.2 Å². The third-order valence-corrected chi connectivity index (χ3v) is 6.67. The first kappa shape index (κ1) is 23.2. The number of ketones is 1. The predicted octanol–water partition coefficient (Wildman–Crippen LogP) is 4.47. The van der Waals surface area contributed by atoms with Gasteiger partial charge in [0.2, 0.25) is 15.8 Å². The van der Waals surface area contributed by atoms with Crippen LogP contribution in [-0.2, 0) is 15.8 Å². The minimum absolute atomic E-state index is 0.142. The van der Waals surface area contributed by atoms with Crippen LogP contribution in [0, 0.1) is 11.6 Å². The molecule has 0 atom stereocenters. The zero-order valence-electron chi connectivity index (χ0n) is 18.4. The molecule has 0 amide bonds. The van der Waals surface area contributed by atoms with E-state index in [-0.39, 0.29) is 5.69 Å². The van der Waals surface area contributed by atoms with Gasteiger partial charge in [-0.2, -0.15) is 5.10 Å². The second kappa shape index (κ2) is 9.27. The summed E-state index contributed by atoms with van der Waals surface area (Å²) in [5, 5.41) is 6.93. The van der Waals surface area contributed by atoms with Crippen molar-refractivity contribution in [1.29, 1.82) is 0 Å². The molecule has 0 fully saturated rings. The summed E-state index contributed by atoms with van der Waals surface area (Å²) >= 11 is 0. The van der Waals surface area contributed by atoms with E-state index in [2.05, 4.69) is 20.2 Å². The van der Waals surface area contributed by atoms with Crippen LogP contribution in [-0.4, -0.2) is 34.4 Å². The number of hydrogen-bond donors (Lipinski definition) is 2. The molecule has 3 aromatic heterocycles. The number of fused-ring (bicyclic) bond motifs is 1. The van der Waals surface area contributed by atoms with Gasteiger partial charge in [0.05, 0.1) is 16.7 Å². The number of pyridine rings is 2. The van der Waals surface area contributed by atoms with Crippen molar-refractivity contribution in [3.63, 3.8) is 0 Å². The van der Waals surface area contributed by atoms with Crippen LogP contribution in [0.1, 0.15) is 21.6 Å². The number of sulfonamides is 1. The zero-order valence-corrected chi connectivity index (χ0v) is 19.3. The van der Waals surface area contributed by atoms with Gasteiger partial charge in [-0.1, -0.05) is 30.3 Å². The van der Waals surface area contributed by atoms with Crippen LogP contribution in [0.3, 0.4) is 0 Å². The summed E-state index contributed by atoms with van der Waals surface area (Å²) in [5.74, 6) is -3.87. The Morgan fingerprint density at radius 1 is 0.972 bits per heavy atom. The number of carbonyl (C=O) groups is 1. The molecule has 0 radical (unpaired) electrons. The highest BCUT2D eigenvalue weighted by atomic mass is 32.2. The summed E-state index contributed by atoms with van der Waals surface area (Å²) in [6.07, 6.45) is 4.80. The predicted molar refractivity (Wildman–Crippen MR) is 130 cm³/mol. The second-order valence-electron chi connectivity index (χ2n) is 7.89. The first-order valence-corrected chi connectivity index (χ1v) is 12.3. The molecular weight excluding hydrogens is 488 g/mol. The number of rotatable bonds is 7. The number of aromatic nitrogens is 4. The van der Waals surface area contributed by atoms with E-state index in [0.29, 0.717) is 22.2 Å². The Hall–Kier alpha value is -4.51. The maximum atomic E-state index is 15.3. The summed E-state index contributed by atoms with van der Waals surface area (Å²) in [6.45, 7) is 0. The number of nitrogens with one attached hydrogen (secondary N) is 2. The third kappa shape index (κ3) is 4.56. The minimum Gasteiger partial charge on any atom is -0.287 e. The lowest BCUT2D eigenvalue weighted by atomic mass is 10.0. The summed E-state index contributed by atoms with van der Waals surface area (Å²) in [7, 11) is -4.18. The molecule has 0 aliphatic carbocycles. The lowest BCUT2D eigenvalue weighted by Gasteiger charge is -2.12. The Labute approximate surface area is 204 Å². The molecule has 2 aromatic carbocycles. The Bertz CT molecular complexity index is 1690. The Kier molecular flexibility index (Phi) is 5.98. The number of halogens is 2. The van der Waals surface area contributed by atoms with Crippen molar-refractivity contribution in [1.82, 2.24) is 20.2 Å². The van der Waals surface area contributed by atoms with Crippen molar-refractivity contribution in [3.8, 4) is 11.1 Å². The summed E-state index contributed by atoms with van der Waals surface area (Å²) < 4.78 is 56.9. The average molecular weight is 506 g/mol. The van der Waals surface area contributed by atoms with Gasteiger partial charge in [0.25, 0.3) is 0 Å². The third-order valence-electron chi connectivity index (χ3n) is 5.44. The van der Waals surface area contributed by atoms with Crippen molar-refractivity contribution in [3.05, 3.63) is 108 Å². The van der Waals surface area contributed by atoms with E-state index < -0.39 is 44.4 Å². The molecule has 8 nitrogen and oxygen atoms in total. The van der Waals surface area contributed by atoms with Crippen LogP contribution in [0.25, 0.3) is 22.2 Å². The van der Waals surface area contributed by atoms with Crippen molar-refractivity contribution in [2.24, 2.45) is 0 Å². The Morgan fingerprint density at radius 2 is 1.72 bits per heavy atom. The number of nitrogens with zero attached hydrogens (tertiary/aromatic N) is 3. The lowest BCUT2D eigenvalue weighted by Crippen LogP contribution is -2.18. The normalized spacial score (nSPS) is 11.5. The van der Waals surface area contributed by atoms with Crippen molar-refractivity contribution >= 4 is 32.5 Å². The highest BCUT2D eigenvalue weighted by Crippen LogP contribution is 2.28. The molecule has 3 heterocycles. The van der Waals surface area contributed by atoms with Crippen LogP contribution in [0.5, 0.6) is 0 Å². The molecular formula is C25H17F2N5O3S. The quantitative estimate of drug-likeness (QED) is 0.315. The van der Waals surface area contributed by atoms with Crippen LogP contribution < -0.4 is 4.72 Å². The monoisotopic (exact) mass is 505 g/mol. The molecule has 0 unspecified atom stereocenters. The van der Waals surface area contributed by atoms with Gasteiger partial charge >= 0.3 is 0 Å². The molecule has 0 saturated heterocycles. The SMILES string of the molecule is O=C(c1ccc(F)c(NS(=O)(=O)Cc2ccccc2)c1F)c1n[nH]c2ncc(-c3ccncc3)cc12. The fourth-order valence-corrected chi connectivity index (χ4v) is 4.91. The molecule has 0 aliphatic heterocycles. The highest BCUT2D eigenvalue weighted by molar-refractivity contribution is 7.91. The fraction of sp³-hybridized carbons (Fsp3) is 0.0400. The van der Waals surface area contributed by atoms with Crippen LogP contribution >= 0.6 is 0 Å². The average Bonchev–Trinajstić information content (AvgIpc) is 3.30. The minimum atomic E-state index is -4.18. The Morgan fingerprint density at radius 3 is 2.47 bits per heavy atom. The van der Waals surface area contributed by atoms with Crippen molar-refractivity contribution in [2.45, 2.75) is 5.75 Å². The smallest absolute Gasteiger partial charge is 0.237 e. The molecule has 5 rings (SSSR count). The highest BCUT2D eigenvalue weighted by Gasteiger charge is 2.26. The first-order chi connectivity index (χ1) is 17.3. The van der Waals surface area contributed by atoms with Gasteiger partial charge in [0.15, 0.2) is 11.5 Å². The van der Waals surface area contributed by atoms with Crippen LogP contribution in [0.2, 0.25) is 0 Å². The summed E-state index contributed by atoms with van der Waals surface area (Å²) in [4.78, 5) is 21.5. The lowest BCUT2D eigenvalue weighted by molar-refractivity contribution is 0.103. The standard InChI is InChI=1S/C25H17F2N5O3S/c26-20-7-6-18(21(27)23(20)32-36(34,35)14-15-4-2-1-3-5-15)24(33)22-19-12-17(13-29-25(19)31-30-22)16-8-10-28-11-9-16/h1-13,32H,14H2,(H,29,30,31). The van der Waals surface area contributed by atoms with Gasteiger partial charge in [-0.05, 0) is 41.5 Å². The number of hydrogen-bond acceptors (Lipinski definition) is 6. The van der Waals surface area contributed by atoms with Gasteiger partial charge < -0.3 is 0 Å². The topological polar surface area (TPSA) is 118 Å². The number of anilines is 1. The van der Waals surface area contributed by atoms with Crippen molar-refractivity contribution in [2.75, 3.05) is 4.72 Å². The van der Waals surface area contributed by atoms with Crippen molar-refractivity contribution < 1.29 is 22.0 Å². The zero-order chi connectivity index (χ0) is 25.3. The fourth-order valence-electron chi connectivity index (χ4n) is 3.71. The summed E-state index contributed by atoms with van der Waals surface area (Å²) in [6, 6.07) is 15.1. The molecule has 0 bridgehead atoms. The van der Waals surface area contributed by atoms with E-state index in [9.17, 15) is 17.6 Å². The van der Waals surface area contributed by atoms with E-state index in [1.165, 1.54) is 0 Å². The van der Waals surface area contributed by atoms with E-state index in [1.54, 1.807) is 67.1 Å². The molecule has 2 N–H and O–H groups in total. The number of carbonyl (C=O) groups excluding carboxylic acids is 1. The molecule has 36 heavy (non-hydrogen) atoms. The molecule has 11 heteroatoms. The number of aromatic amines is 1. The Balaban J connectivity index is 1.50. The molecule has 0 saturated carbocycles. The van der Waals surface area contributed by atoms with Crippen LogP contribution in [0.4, 0.5) is 14.5 Å². The van der Waals surface area contributed by atoms with E-state index in [4.69, 9.17) is 0 Å². The molecule has 0 spiro atoms. The second-order valence-corrected chi connectivity index (χ2v) is 9.61. The maximum Gasteiger partial charge on any atom is 0.237 e. The van der Waals surface area contributed by atoms with E-state index in [0.717, 1.165) is 17.7 Å². The molecule has 5 aromatic rings. The number of H-pyrrole nitrogens is 1. The maximum absolute atomic E-state index is 15.3.